The van der Waals surface area contributed by atoms with Gasteiger partial charge in [0, 0.05) is 6.42 Å². The molecule has 0 unspecified atom stereocenters. The molecule has 0 fully saturated rings. The summed E-state index contributed by atoms with van der Waals surface area (Å²) in [5, 5.41) is 0. The van der Waals surface area contributed by atoms with Gasteiger partial charge in [0.05, 0.1) is 0 Å². The van der Waals surface area contributed by atoms with Crippen LogP contribution in [0.2, 0.25) is 0 Å². The van der Waals surface area contributed by atoms with Crippen LogP contribution in [0, 0.1) is 12.5 Å². The van der Waals surface area contributed by atoms with Crippen molar-refractivity contribution in [2.45, 2.75) is 71.1 Å². The summed E-state index contributed by atoms with van der Waals surface area (Å²) >= 11 is 0. The van der Waals surface area contributed by atoms with Gasteiger partial charge in [-0.15, -0.1) is 0 Å². The minimum absolute atomic E-state index is 0.273. The number of hydrogen-bond acceptors (Lipinski definition) is 2. The summed E-state index contributed by atoms with van der Waals surface area (Å²) in [5.74, 6) is -0.273. The Hall–Kier alpha value is -0.970. The number of carbonyl (C=O) groups excluding carboxylic acids is 1. The fourth-order valence-electron chi connectivity index (χ4n) is 1.70. The lowest BCUT2D eigenvalue weighted by Crippen LogP contribution is -1.98. The Morgan fingerprint density at radius 1 is 1.00 bits per heavy atom. The van der Waals surface area contributed by atoms with Crippen molar-refractivity contribution in [3.63, 3.8) is 0 Å². The van der Waals surface area contributed by atoms with Crippen LogP contribution in [-0.2, 0) is 9.53 Å². The van der Waals surface area contributed by atoms with Crippen molar-refractivity contribution >= 4 is 5.97 Å². The summed E-state index contributed by atoms with van der Waals surface area (Å²) in [6, 6.07) is 0. The highest BCUT2D eigenvalue weighted by atomic mass is 16.5. The highest BCUT2D eigenvalue weighted by Gasteiger charge is 2.00. The van der Waals surface area contributed by atoms with E-state index in [2.05, 4.69) is 11.7 Å². The molecule has 0 aromatic carbocycles. The zero-order valence-corrected chi connectivity index (χ0v) is 10.5. The molecule has 0 heterocycles. The molecule has 2 nitrogen and oxygen atoms in total. The van der Waals surface area contributed by atoms with E-state index >= 15 is 0 Å². The molecule has 0 aliphatic carbocycles. The van der Waals surface area contributed by atoms with Gasteiger partial charge in [0.2, 0.25) is 0 Å². The van der Waals surface area contributed by atoms with Crippen LogP contribution in [-0.4, -0.2) is 5.97 Å². The third kappa shape index (κ3) is 11.1. The predicted molar refractivity (Wildman–Crippen MR) is 66.8 cm³/mol. The third-order valence-electron chi connectivity index (χ3n) is 2.66. The van der Waals surface area contributed by atoms with Crippen LogP contribution in [0.15, 0.2) is 0 Å². The van der Waals surface area contributed by atoms with Crippen LogP contribution >= 0.6 is 0 Å². The SMILES string of the molecule is C#COC(=O)CCCCCCCCCCC. The maximum Gasteiger partial charge on any atom is 0.319 e. The second-order valence-electron chi connectivity index (χ2n) is 4.17. The molecule has 0 N–H and O–H groups in total. The van der Waals surface area contributed by atoms with Crippen molar-refractivity contribution in [3.05, 3.63) is 0 Å². The second-order valence-corrected chi connectivity index (χ2v) is 4.17. The van der Waals surface area contributed by atoms with Gasteiger partial charge in [0.15, 0.2) is 0 Å². The van der Waals surface area contributed by atoms with E-state index in [1.807, 2.05) is 6.11 Å². The summed E-state index contributed by atoms with van der Waals surface area (Å²) in [7, 11) is 0. The summed E-state index contributed by atoms with van der Waals surface area (Å²) in [6.45, 7) is 2.23. The Kier molecular flexibility index (Phi) is 11.4. The minimum Gasteiger partial charge on any atom is -0.372 e. The number of rotatable bonds is 10. The molecule has 0 radical (unpaired) electrons. The van der Waals surface area contributed by atoms with Crippen molar-refractivity contribution in [2.75, 3.05) is 0 Å². The van der Waals surface area contributed by atoms with E-state index in [-0.39, 0.29) is 5.97 Å². The number of unbranched alkanes of at least 4 members (excludes halogenated alkanes) is 8. The smallest absolute Gasteiger partial charge is 0.319 e. The summed E-state index contributed by atoms with van der Waals surface area (Å²) in [6.07, 6.45) is 18.4. The van der Waals surface area contributed by atoms with Gasteiger partial charge in [-0.2, -0.15) is 0 Å². The molecule has 0 saturated carbocycles. The first-order valence-corrected chi connectivity index (χ1v) is 6.46. The lowest BCUT2D eigenvalue weighted by Gasteiger charge is -2.01. The summed E-state index contributed by atoms with van der Waals surface area (Å²) < 4.78 is 4.40. The average Bonchev–Trinajstić information content (AvgIpc) is 2.27. The van der Waals surface area contributed by atoms with Crippen LogP contribution in [0.25, 0.3) is 0 Å². The van der Waals surface area contributed by atoms with Gasteiger partial charge < -0.3 is 4.74 Å². The zero-order chi connectivity index (χ0) is 12.1. The van der Waals surface area contributed by atoms with E-state index in [1.54, 1.807) is 0 Å². The van der Waals surface area contributed by atoms with E-state index in [1.165, 1.54) is 44.9 Å². The van der Waals surface area contributed by atoms with E-state index in [0.717, 1.165) is 12.8 Å². The number of carbonyl (C=O) groups is 1. The maximum atomic E-state index is 10.9. The zero-order valence-electron chi connectivity index (χ0n) is 10.5. The van der Waals surface area contributed by atoms with Crippen molar-refractivity contribution in [1.29, 1.82) is 0 Å². The van der Waals surface area contributed by atoms with Crippen molar-refractivity contribution in [2.24, 2.45) is 0 Å². The molecular formula is C14H24O2. The molecule has 0 bridgehead atoms. The minimum atomic E-state index is -0.273. The fourth-order valence-corrected chi connectivity index (χ4v) is 1.70. The Balaban J connectivity index is 3.04. The van der Waals surface area contributed by atoms with Gasteiger partial charge in [0.1, 0.15) is 6.11 Å². The van der Waals surface area contributed by atoms with Crippen LogP contribution < -0.4 is 0 Å². The largest absolute Gasteiger partial charge is 0.372 e. The standard InChI is InChI=1S/C14H24O2/c1-3-5-6-7-8-9-10-11-12-13-14(15)16-4-2/h2H,3,5-13H2,1H3. The third-order valence-corrected chi connectivity index (χ3v) is 2.66. The predicted octanol–water partition coefficient (Wildman–Crippen LogP) is 4.04. The lowest BCUT2D eigenvalue weighted by atomic mass is 10.1. The normalized spacial score (nSPS) is 9.75. The number of ether oxygens (including phenoxy) is 1. The molecule has 0 aliphatic heterocycles. The van der Waals surface area contributed by atoms with Gasteiger partial charge in [-0.1, -0.05) is 64.7 Å². The molecule has 2 heteroatoms. The van der Waals surface area contributed by atoms with Crippen molar-refractivity contribution < 1.29 is 9.53 Å². The molecule has 0 rings (SSSR count). The van der Waals surface area contributed by atoms with E-state index in [0.29, 0.717) is 6.42 Å². The Morgan fingerprint density at radius 3 is 2.00 bits per heavy atom. The molecule has 0 atom stereocenters. The first kappa shape index (κ1) is 15.0. The molecule has 0 saturated heterocycles. The molecule has 0 aromatic rings. The second kappa shape index (κ2) is 12.1. The summed E-state index contributed by atoms with van der Waals surface area (Å²) in [4.78, 5) is 10.9. The first-order valence-electron chi connectivity index (χ1n) is 6.46. The Labute approximate surface area is 99.8 Å². The lowest BCUT2D eigenvalue weighted by molar-refractivity contribution is -0.136. The quantitative estimate of drug-likeness (QED) is 0.318. The summed E-state index contributed by atoms with van der Waals surface area (Å²) in [5.41, 5.74) is 0. The molecule has 0 aromatic heterocycles. The fraction of sp³-hybridized carbons (Fsp3) is 0.786. The molecular weight excluding hydrogens is 200 g/mol. The Morgan fingerprint density at radius 2 is 1.50 bits per heavy atom. The monoisotopic (exact) mass is 224 g/mol. The number of hydrogen-bond donors (Lipinski definition) is 0. The molecule has 16 heavy (non-hydrogen) atoms. The maximum absolute atomic E-state index is 10.9. The van der Waals surface area contributed by atoms with E-state index in [4.69, 9.17) is 6.42 Å². The average molecular weight is 224 g/mol. The van der Waals surface area contributed by atoms with Gasteiger partial charge in [-0.05, 0) is 6.42 Å². The van der Waals surface area contributed by atoms with Crippen molar-refractivity contribution in [1.82, 2.24) is 0 Å². The van der Waals surface area contributed by atoms with Gasteiger partial charge in [-0.25, -0.2) is 0 Å². The first-order chi connectivity index (χ1) is 7.81. The van der Waals surface area contributed by atoms with Crippen LogP contribution in [0.3, 0.4) is 0 Å². The van der Waals surface area contributed by atoms with Crippen molar-refractivity contribution in [3.8, 4) is 12.5 Å². The van der Waals surface area contributed by atoms with Crippen LogP contribution in [0.1, 0.15) is 71.1 Å². The molecule has 0 spiro atoms. The number of terminal acetylenes is 1. The topological polar surface area (TPSA) is 26.3 Å². The van der Waals surface area contributed by atoms with Gasteiger partial charge in [-0.3, -0.25) is 4.79 Å². The Bertz CT molecular complexity index is 203. The van der Waals surface area contributed by atoms with Crippen LogP contribution in [0.5, 0.6) is 0 Å². The van der Waals surface area contributed by atoms with Gasteiger partial charge >= 0.3 is 5.97 Å². The number of esters is 1. The highest BCUT2D eigenvalue weighted by molar-refractivity contribution is 5.70. The molecule has 92 valence electrons. The van der Waals surface area contributed by atoms with E-state index < -0.39 is 0 Å². The van der Waals surface area contributed by atoms with Crippen LogP contribution in [0.4, 0.5) is 0 Å². The van der Waals surface area contributed by atoms with Gasteiger partial charge in [0.25, 0.3) is 0 Å². The highest BCUT2D eigenvalue weighted by Crippen LogP contribution is 2.10. The van der Waals surface area contributed by atoms with E-state index in [9.17, 15) is 4.79 Å². The molecule has 0 aliphatic rings. The molecule has 0 amide bonds.